The second kappa shape index (κ2) is 2.54. The molecule has 0 aliphatic carbocycles. The van der Waals surface area contributed by atoms with Gasteiger partial charge in [-0.25, -0.2) is 4.74 Å². The normalized spacial score (nSPS) is 23.8. The minimum Gasteiger partial charge on any atom is -0.711 e. The van der Waals surface area contributed by atoms with Crippen molar-refractivity contribution < 1.29 is 9.48 Å². The Kier molecular flexibility index (Phi) is 1.54. The van der Waals surface area contributed by atoms with Gasteiger partial charge in [-0.3, -0.25) is 4.90 Å². The Balaban J connectivity index is 1.99. The van der Waals surface area contributed by atoms with Crippen LogP contribution in [0.5, 0.6) is 0 Å². The summed E-state index contributed by atoms with van der Waals surface area (Å²) >= 11 is 0. The molecule has 0 spiro atoms. The Hall–Kier alpha value is -1.03. The zero-order chi connectivity index (χ0) is 7.68. The van der Waals surface area contributed by atoms with E-state index in [0.717, 1.165) is 36.9 Å². The van der Waals surface area contributed by atoms with Crippen molar-refractivity contribution in [3.63, 3.8) is 0 Å². The third-order valence-electron chi connectivity index (χ3n) is 1.92. The van der Waals surface area contributed by atoms with Crippen molar-refractivity contribution in [1.82, 2.24) is 4.90 Å². The van der Waals surface area contributed by atoms with Gasteiger partial charge < -0.3 is 9.94 Å². The number of hydrogen-bond donors (Lipinski definition) is 0. The minimum absolute atomic E-state index is 0.727. The molecule has 2 heterocycles. The molecule has 0 atom stereocenters. The molecule has 0 aromatic rings. The summed E-state index contributed by atoms with van der Waals surface area (Å²) in [6.07, 6.45) is 3.35. The highest BCUT2D eigenvalue weighted by Crippen LogP contribution is 2.05. The SMILES string of the molecule is [O-][N+]1=C(N2CCOCC2)C=C1. The summed E-state index contributed by atoms with van der Waals surface area (Å²) < 4.78 is 6.05. The summed E-state index contributed by atoms with van der Waals surface area (Å²) in [5.41, 5.74) is 0. The number of nitrogens with zero attached hydrogens (tertiary/aromatic N) is 2. The van der Waals surface area contributed by atoms with E-state index < -0.39 is 0 Å². The molecule has 11 heavy (non-hydrogen) atoms. The average molecular weight is 154 g/mol. The van der Waals surface area contributed by atoms with Crippen LogP contribution in [0.2, 0.25) is 0 Å². The first-order chi connectivity index (χ1) is 5.38. The van der Waals surface area contributed by atoms with Crippen LogP contribution in [0.15, 0.2) is 12.3 Å². The van der Waals surface area contributed by atoms with Gasteiger partial charge in [0.15, 0.2) is 0 Å². The van der Waals surface area contributed by atoms with Crippen molar-refractivity contribution in [2.75, 3.05) is 26.3 Å². The number of ether oxygens (including phenoxy) is 1. The maximum absolute atomic E-state index is 10.8. The van der Waals surface area contributed by atoms with Crippen molar-refractivity contribution in [3.8, 4) is 0 Å². The lowest BCUT2D eigenvalue weighted by Crippen LogP contribution is -2.44. The van der Waals surface area contributed by atoms with Gasteiger partial charge in [0.2, 0.25) is 0 Å². The van der Waals surface area contributed by atoms with E-state index in [1.807, 2.05) is 11.0 Å². The summed E-state index contributed by atoms with van der Waals surface area (Å²) in [5, 5.41) is 10.8. The zero-order valence-corrected chi connectivity index (χ0v) is 6.19. The lowest BCUT2D eigenvalue weighted by molar-refractivity contribution is -0.397. The molecule has 0 N–H and O–H groups in total. The Morgan fingerprint density at radius 3 is 2.64 bits per heavy atom. The van der Waals surface area contributed by atoms with Crippen molar-refractivity contribution in [1.29, 1.82) is 0 Å². The minimum atomic E-state index is 0.727. The highest BCUT2D eigenvalue weighted by atomic mass is 16.5. The Labute approximate surface area is 65.0 Å². The van der Waals surface area contributed by atoms with Gasteiger partial charge in [-0.2, -0.15) is 0 Å². The van der Waals surface area contributed by atoms with Crippen LogP contribution >= 0.6 is 0 Å². The molecule has 4 heteroatoms. The van der Waals surface area contributed by atoms with Gasteiger partial charge in [-0.1, -0.05) is 0 Å². The molecule has 1 fully saturated rings. The fourth-order valence-electron chi connectivity index (χ4n) is 1.24. The van der Waals surface area contributed by atoms with E-state index in [2.05, 4.69) is 0 Å². The molecular formula is C7H10N2O2. The van der Waals surface area contributed by atoms with Crippen LogP contribution in [0.25, 0.3) is 0 Å². The molecule has 2 aliphatic heterocycles. The van der Waals surface area contributed by atoms with Gasteiger partial charge >= 0.3 is 0 Å². The Morgan fingerprint density at radius 2 is 2.18 bits per heavy atom. The molecule has 2 aliphatic rings. The Morgan fingerprint density at radius 1 is 1.45 bits per heavy atom. The van der Waals surface area contributed by atoms with Crippen LogP contribution in [0, 0.1) is 5.21 Å². The Bertz CT molecular complexity index is 216. The van der Waals surface area contributed by atoms with Gasteiger partial charge in [0.25, 0.3) is 5.84 Å². The zero-order valence-electron chi connectivity index (χ0n) is 6.19. The van der Waals surface area contributed by atoms with E-state index in [1.54, 1.807) is 0 Å². The lowest BCUT2D eigenvalue weighted by atomic mass is 10.3. The molecule has 0 aromatic heterocycles. The molecule has 60 valence electrons. The van der Waals surface area contributed by atoms with E-state index >= 15 is 0 Å². The first-order valence-electron chi connectivity index (χ1n) is 3.72. The summed E-state index contributed by atoms with van der Waals surface area (Å²) in [5.74, 6) is 0.772. The average Bonchev–Trinajstić information content (AvgIpc) is 2.04. The van der Waals surface area contributed by atoms with E-state index in [4.69, 9.17) is 4.74 Å². The molecule has 0 bridgehead atoms. The molecule has 0 saturated carbocycles. The van der Waals surface area contributed by atoms with Gasteiger partial charge in [0.1, 0.15) is 19.3 Å². The molecule has 1 saturated heterocycles. The summed E-state index contributed by atoms with van der Waals surface area (Å²) in [7, 11) is 0. The second-order valence-corrected chi connectivity index (χ2v) is 2.60. The standard InChI is InChI=1S/C7H10N2O2/c10-9-2-1-7(9)8-3-5-11-6-4-8/h1-2H,3-6H2. The molecule has 0 unspecified atom stereocenters. The van der Waals surface area contributed by atoms with Crippen LogP contribution in [0.3, 0.4) is 0 Å². The van der Waals surface area contributed by atoms with Crippen molar-refractivity contribution in [2.45, 2.75) is 0 Å². The van der Waals surface area contributed by atoms with Crippen molar-refractivity contribution in [2.24, 2.45) is 0 Å². The molecule has 0 aromatic carbocycles. The summed E-state index contributed by atoms with van der Waals surface area (Å²) in [6.45, 7) is 3.12. The van der Waals surface area contributed by atoms with E-state index in [1.165, 1.54) is 6.20 Å². The largest absolute Gasteiger partial charge is 0.711 e. The third-order valence-corrected chi connectivity index (χ3v) is 1.92. The van der Waals surface area contributed by atoms with E-state index in [9.17, 15) is 5.21 Å². The molecule has 0 amide bonds. The van der Waals surface area contributed by atoms with Gasteiger partial charge in [0, 0.05) is 0 Å². The summed E-state index contributed by atoms with van der Waals surface area (Å²) in [6, 6.07) is 0. The van der Waals surface area contributed by atoms with Crippen molar-refractivity contribution in [3.05, 3.63) is 17.5 Å². The molecule has 0 radical (unpaired) electrons. The number of hydroxylamine groups is 1. The summed E-state index contributed by atoms with van der Waals surface area (Å²) in [4.78, 5) is 2.04. The van der Waals surface area contributed by atoms with Crippen LogP contribution in [-0.4, -0.2) is 41.8 Å². The van der Waals surface area contributed by atoms with E-state index in [-0.39, 0.29) is 0 Å². The quantitative estimate of drug-likeness (QED) is 0.357. The fourth-order valence-corrected chi connectivity index (χ4v) is 1.24. The molecular weight excluding hydrogens is 144 g/mol. The monoisotopic (exact) mass is 154 g/mol. The van der Waals surface area contributed by atoms with Crippen LogP contribution in [0.1, 0.15) is 0 Å². The van der Waals surface area contributed by atoms with Gasteiger partial charge in [0.05, 0.1) is 19.3 Å². The highest BCUT2D eigenvalue weighted by Gasteiger charge is 2.24. The smallest absolute Gasteiger partial charge is 0.283 e. The van der Waals surface area contributed by atoms with E-state index in [0.29, 0.717) is 0 Å². The molecule has 2 rings (SSSR count). The van der Waals surface area contributed by atoms with Crippen LogP contribution < -0.4 is 0 Å². The van der Waals surface area contributed by atoms with Gasteiger partial charge in [-0.05, 0) is 0 Å². The van der Waals surface area contributed by atoms with Crippen LogP contribution in [-0.2, 0) is 4.74 Å². The second-order valence-electron chi connectivity index (χ2n) is 2.60. The van der Waals surface area contributed by atoms with Crippen molar-refractivity contribution >= 4 is 5.84 Å². The first-order valence-corrected chi connectivity index (χ1v) is 3.72. The predicted molar refractivity (Wildman–Crippen MR) is 40.2 cm³/mol. The molecule has 4 nitrogen and oxygen atoms in total. The first kappa shape index (κ1) is 6.67. The van der Waals surface area contributed by atoms with Crippen LogP contribution in [0.4, 0.5) is 0 Å². The number of hydrogen-bond acceptors (Lipinski definition) is 3. The highest BCUT2D eigenvalue weighted by molar-refractivity contribution is 5.91. The van der Waals surface area contributed by atoms with Gasteiger partial charge in [-0.15, -0.1) is 0 Å². The third kappa shape index (κ3) is 1.09. The predicted octanol–water partition coefficient (Wildman–Crippen LogP) is -0.245. The number of amidine groups is 1. The lowest BCUT2D eigenvalue weighted by Gasteiger charge is -2.27. The topological polar surface area (TPSA) is 38.5 Å². The fraction of sp³-hybridized carbons (Fsp3) is 0.571. The maximum atomic E-state index is 10.8. The number of rotatable bonds is 0. The maximum Gasteiger partial charge on any atom is 0.283 e. The number of morpholine rings is 1.